The molecule has 1 unspecified atom stereocenters. The van der Waals surface area contributed by atoms with Gasteiger partial charge in [0.05, 0.1) is 18.3 Å². The highest BCUT2D eigenvalue weighted by atomic mass is 79.9. The first-order valence-corrected chi connectivity index (χ1v) is 8.20. The lowest BCUT2D eigenvalue weighted by Gasteiger charge is -2.23. The van der Waals surface area contributed by atoms with E-state index in [1.54, 1.807) is 0 Å². The molecule has 1 aromatic rings. The third kappa shape index (κ3) is 3.02. The second-order valence-electron chi connectivity index (χ2n) is 5.89. The third-order valence-corrected chi connectivity index (χ3v) is 5.25. The number of rotatable bonds is 4. The predicted octanol–water partition coefficient (Wildman–Crippen LogP) is 3.81. The van der Waals surface area contributed by atoms with E-state index in [9.17, 15) is 5.11 Å². The van der Waals surface area contributed by atoms with Crippen molar-refractivity contribution in [2.45, 2.75) is 56.8 Å². The second-order valence-corrected chi connectivity index (χ2v) is 6.75. The fourth-order valence-electron chi connectivity index (χ4n) is 3.35. The number of aliphatic hydroxyl groups excluding tert-OH is 1. The van der Waals surface area contributed by atoms with E-state index in [1.165, 1.54) is 32.1 Å². The smallest absolute Gasteiger partial charge is 0.119 e. The van der Waals surface area contributed by atoms with Crippen LogP contribution in [0.3, 0.4) is 0 Å². The Bertz CT molecular complexity index is 469. The summed E-state index contributed by atoms with van der Waals surface area (Å²) in [6.07, 6.45) is 7.55. The van der Waals surface area contributed by atoms with Crippen molar-refractivity contribution in [2.24, 2.45) is 0 Å². The van der Waals surface area contributed by atoms with Gasteiger partial charge in [-0.25, -0.2) is 0 Å². The van der Waals surface area contributed by atoms with Crippen molar-refractivity contribution >= 4 is 15.9 Å². The molecule has 3 nitrogen and oxygen atoms in total. The molecule has 0 amide bonds. The van der Waals surface area contributed by atoms with E-state index in [0.29, 0.717) is 6.61 Å². The monoisotopic (exact) mass is 340 g/mol. The van der Waals surface area contributed by atoms with Crippen LogP contribution in [0.15, 0.2) is 22.7 Å². The summed E-state index contributed by atoms with van der Waals surface area (Å²) >= 11 is 3.41. The zero-order valence-corrected chi connectivity index (χ0v) is 13.2. The van der Waals surface area contributed by atoms with Crippen molar-refractivity contribution < 1.29 is 14.6 Å². The summed E-state index contributed by atoms with van der Waals surface area (Å²) in [5.41, 5.74) is 1.02. The van der Waals surface area contributed by atoms with Crippen LogP contribution in [-0.4, -0.2) is 23.4 Å². The van der Waals surface area contributed by atoms with Gasteiger partial charge < -0.3 is 14.6 Å². The summed E-state index contributed by atoms with van der Waals surface area (Å²) in [5.74, 6) is 0.799. The molecule has 1 aromatic carbocycles. The van der Waals surface area contributed by atoms with E-state index in [4.69, 9.17) is 9.47 Å². The number of halogens is 1. The number of hydrogen-bond donors (Lipinski definition) is 1. The van der Waals surface area contributed by atoms with E-state index in [-0.39, 0.29) is 18.3 Å². The Hall–Kier alpha value is -0.580. The van der Waals surface area contributed by atoms with Crippen LogP contribution >= 0.6 is 15.9 Å². The lowest BCUT2D eigenvalue weighted by molar-refractivity contribution is -0.0508. The van der Waals surface area contributed by atoms with E-state index < -0.39 is 0 Å². The van der Waals surface area contributed by atoms with Gasteiger partial charge in [0.1, 0.15) is 12.4 Å². The van der Waals surface area contributed by atoms with Crippen LogP contribution in [-0.2, 0) is 11.3 Å². The zero-order valence-electron chi connectivity index (χ0n) is 11.6. The van der Waals surface area contributed by atoms with Crippen LogP contribution in [0.25, 0.3) is 0 Å². The van der Waals surface area contributed by atoms with Gasteiger partial charge in [-0.3, -0.25) is 0 Å². The fourth-order valence-corrected chi connectivity index (χ4v) is 3.72. The maximum absolute atomic E-state index is 9.25. The topological polar surface area (TPSA) is 38.7 Å². The molecule has 1 aliphatic heterocycles. The molecule has 0 bridgehead atoms. The highest BCUT2D eigenvalue weighted by molar-refractivity contribution is 9.10. The molecule has 1 atom stereocenters. The highest BCUT2D eigenvalue weighted by Gasteiger charge is 2.42. The summed E-state index contributed by atoms with van der Waals surface area (Å²) < 4.78 is 13.0. The van der Waals surface area contributed by atoms with E-state index in [1.807, 2.05) is 18.2 Å². The fraction of sp³-hybridized carbons (Fsp3) is 0.625. The summed E-state index contributed by atoms with van der Waals surface area (Å²) in [5, 5.41) is 9.25. The van der Waals surface area contributed by atoms with Crippen molar-refractivity contribution in [3.05, 3.63) is 28.2 Å². The molecule has 20 heavy (non-hydrogen) atoms. The van der Waals surface area contributed by atoms with Crippen molar-refractivity contribution in [1.29, 1.82) is 0 Å². The van der Waals surface area contributed by atoms with Gasteiger partial charge in [-0.05, 0) is 49.4 Å². The Balaban J connectivity index is 1.55. The number of ether oxygens (including phenoxy) is 2. The van der Waals surface area contributed by atoms with E-state index in [2.05, 4.69) is 15.9 Å². The van der Waals surface area contributed by atoms with Gasteiger partial charge in [-0.2, -0.15) is 0 Å². The maximum atomic E-state index is 9.25. The molecule has 1 spiro atoms. The van der Waals surface area contributed by atoms with Crippen molar-refractivity contribution in [3.8, 4) is 5.75 Å². The van der Waals surface area contributed by atoms with Gasteiger partial charge >= 0.3 is 0 Å². The normalized spacial score (nSPS) is 24.4. The van der Waals surface area contributed by atoms with E-state index >= 15 is 0 Å². The van der Waals surface area contributed by atoms with Gasteiger partial charge in [0, 0.05) is 4.47 Å². The SMILES string of the molecule is OCc1cc(OCC2CCC3(CCCC3)O2)ccc1Br. The first-order valence-electron chi connectivity index (χ1n) is 7.41. The largest absolute Gasteiger partial charge is 0.491 e. The predicted molar refractivity (Wildman–Crippen MR) is 80.9 cm³/mol. The van der Waals surface area contributed by atoms with Gasteiger partial charge in [-0.15, -0.1) is 0 Å². The van der Waals surface area contributed by atoms with Crippen molar-refractivity contribution in [1.82, 2.24) is 0 Å². The molecule has 4 heteroatoms. The molecule has 3 rings (SSSR count). The van der Waals surface area contributed by atoms with Gasteiger partial charge in [0.25, 0.3) is 0 Å². The standard InChI is InChI=1S/C16H21BrO3/c17-15-4-3-13(9-12(15)10-18)19-11-14-5-8-16(20-14)6-1-2-7-16/h3-4,9,14,18H,1-2,5-8,10-11H2. The van der Waals surface area contributed by atoms with Crippen LogP contribution in [0.4, 0.5) is 0 Å². The quantitative estimate of drug-likeness (QED) is 0.905. The lowest BCUT2D eigenvalue weighted by atomic mass is 9.98. The van der Waals surface area contributed by atoms with E-state index in [0.717, 1.165) is 22.2 Å². The summed E-state index contributed by atoms with van der Waals surface area (Å²) in [6.45, 7) is 0.620. The molecule has 2 aliphatic rings. The third-order valence-electron chi connectivity index (χ3n) is 4.48. The van der Waals surface area contributed by atoms with Crippen LogP contribution in [0.5, 0.6) is 5.75 Å². The number of benzene rings is 1. The second kappa shape index (κ2) is 6.04. The van der Waals surface area contributed by atoms with Crippen LogP contribution in [0, 0.1) is 0 Å². The molecule has 0 radical (unpaired) electrons. The average Bonchev–Trinajstić information content (AvgIpc) is 3.09. The van der Waals surface area contributed by atoms with Crippen molar-refractivity contribution in [3.63, 3.8) is 0 Å². The first kappa shape index (κ1) is 14.4. The van der Waals surface area contributed by atoms with Crippen LogP contribution < -0.4 is 4.74 Å². The molecule has 0 aromatic heterocycles. The molecule has 1 heterocycles. The van der Waals surface area contributed by atoms with Gasteiger partial charge in [0.2, 0.25) is 0 Å². The number of hydrogen-bond acceptors (Lipinski definition) is 3. The minimum absolute atomic E-state index is 0.0147. The molecule has 110 valence electrons. The Morgan fingerprint density at radius 1 is 1.30 bits per heavy atom. The summed E-state index contributed by atoms with van der Waals surface area (Å²) in [4.78, 5) is 0. The molecule has 1 saturated heterocycles. The van der Waals surface area contributed by atoms with Crippen LogP contribution in [0.2, 0.25) is 0 Å². The first-order chi connectivity index (χ1) is 9.71. The molecular weight excluding hydrogens is 320 g/mol. The molecule has 1 aliphatic carbocycles. The molecule has 1 saturated carbocycles. The highest BCUT2D eigenvalue weighted by Crippen LogP contribution is 2.43. The lowest BCUT2D eigenvalue weighted by Crippen LogP contribution is -2.27. The van der Waals surface area contributed by atoms with Crippen molar-refractivity contribution in [2.75, 3.05) is 6.61 Å². The Morgan fingerprint density at radius 3 is 2.85 bits per heavy atom. The zero-order chi connectivity index (χ0) is 14.0. The molecule has 2 fully saturated rings. The Morgan fingerprint density at radius 2 is 2.10 bits per heavy atom. The molecule has 1 N–H and O–H groups in total. The Labute approximate surface area is 128 Å². The minimum Gasteiger partial charge on any atom is -0.491 e. The minimum atomic E-state index is 0.0147. The summed E-state index contributed by atoms with van der Waals surface area (Å²) in [7, 11) is 0. The number of aliphatic hydroxyl groups is 1. The Kier molecular flexibility index (Phi) is 4.34. The summed E-state index contributed by atoms with van der Waals surface area (Å²) in [6, 6.07) is 5.71. The molecular formula is C16H21BrO3. The van der Waals surface area contributed by atoms with Gasteiger partial charge in [-0.1, -0.05) is 28.8 Å². The average molecular weight is 341 g/mol. The maximum Gasteiger partial charge on any atom is 0.119 e. The van der Waals surface area contributed by atoms with Gasteiger partial charge in [0.15, 0.2) is 0 Å². The van der Waals surface area contributed by atoms with Crippen LogP contribution in [0.1, 0.15) is 44.1 Å².